The Morgan fingerprint density at radius 1 is 1.22 bits per heavy atom. The normalized spacial score (nSPS) is 10.3. The van der Waals surface area contributed by atoms with E-state index in [9.17, 15) is 9.18 Å². The van der Waals surface area contributed by atoms with Crippen molar-refractivity contribution < 1.29 is 13.6 Å². The quantitative estimate of drug-likeness (QED) is 0.757. The summed E-state index contributed by atoms with van der Waals surface area (Å²) in [4.78, 5) is 20.3. The number of rotatable bonds is 5. The number of nitrogens with one attached hydrogen (secondary N) is 2. The van der Waals surface area contributed by atoms with Crippen molar-refractivity contribution >= 4 is 17.5 Å². The molecule has 0 aliphatic carbocycles. The molecular weight excluding hydrogens is 299 g/mol. The Morgan fingerprint density at radius 3 is 2.91 bits per heavy atom. The molecule has 7 heteroatoms. The van der Waals surface area contributed by atoms with Crippen molar-refractivity contribution in [2.24, 2.45) is 0 Å². The van der Waals surface area contributed by atoms with Gasteiger partial charge in [-0.15, -0.1) is 0 Å². The molecule has 2 heterocycles. The molecule has 0 radical (unpaired) electrons. The standard InChI is InChI=1S/C16H13FN4O2/c17-11-3-1-4-12(9-11)20-15(22)14-6-7-18-16(21-14)19-10-13-5-2-8-23-13/h1-9H,10H2,(H,20,22)(H,18,19,21). The van der Waals surface area contributed by atoms with Crippen molar-refractivity contribution in [2.75, 3.05) is 10.6 Å². The Balaban J connectivity index is 1.67. The van der Waals surface area contributed by atoms with Gasteiger partial charge in [-0.25, -0.2) is 14.4 Å². The van der Waals surface area contributed by atoms with Gasteiger partial charge in [0, 0.05) is 11.9 Å². The van der Waals surface area contributed by atoms with Gasteiger partial charge in [0.2, 0.25) is 5.95 Å². The number of carbonyl (C=O) groups excluding carboxylic acids is 1. The van der Waals surface area contributed by atoms with Gasteiger partial charge in [0.05, 0.1) is 12.8 Å². The number of anilines is 2. The molecule has 0 fully saturated rings. The zero-order valence-electron chi connectivity index (χ0n) is 12.0. The first-order valence-electron chi connectivity index (χ1n) is 6.87. The van der Waals surface area contributed by atoms with Crippen molar-refractivity contribution in [2.45, 2.75) is 6.54 Å². The van der Waals surface area contributed by atoms with E-state index in [0.29, 0.717) is 18.2 Å². The minimum atomic E-state index is -0.445. The van der Waals surface area contributed by atoms with Crippen LogP contribution in [0.2, 0.25) is 0 Å². The smallest absolute Gasteiger partial charge is 0.274 e. The van der Waals surface area contributed by atoms with Gasteiger partial charge < -0.3 is 15.1 Å². The third-order valence-electron chi connectivity index (χ3n) is 2.97. The van der Waals surface area contributed by atoms with Gasteiger partial charge in [0.25, 0.3) is 5.91 Å². The Kier molecular flexibility index (Phi) is 4.28. The summed E-state index contributed by atoms with van der Waals surface area (Å²) in [6.45, 7) is 0.405. The van der Waals surface area contributed by atoms with E-state index in [1.54, 1.807) is 18.4 Å². The lowest BCUT2D eigenvalue weighted by atomic mass is 10.3. The van der Waals surface area contributed by atoms with Gasteiger partial charge in [-0.05, 0) is 36.4 Å². The summed E-state index contributed by atoms with van der Waals surface area (Å²) in [5, 5.41) is 5.54. The molecule has 0 spiro atoms. The highest BCUT2D eigenvalue weighted by molar-refractivity contribution is 6.02. The number of carbonyl (C=O) groups is 1. The summed E-state index contributed by atoms with van der Waals surface area (Å²) in [6, 6.07) is 10.7. The van der Waals surface area contributed by atoms with Crippen LogP contribution in [0, 0.1) is 5.82 Å². The lowest BCUT2D eigenvalue weighted by molar-refractivity contribution is 0.102. The van der Waals surface area contributed by atoms with Gasteiger partial charge in [-0.2, -0.15) is 0 Å². The van der Waals surface area contributed by atoms with Gasteiger partial charge in [-0.3, -0.25) is 4.79 Å². The number of amides is 1. The van der Waals surface area contributed by atoms with Gasteiger partial charge in [0.15, 0.2) is 0 Å². The molecule has 0 bridgehead atoms. The van der Waals surface area contributed by atoms with Gasteiger partial charge >= 0.3 is 0 Å². The van der Waals surface area contributed by atoms with Crippen LogP contribution in [0.15, 0.2) is 59.3 Å². The molecule has 0 aliphatic heterocycles. The number of furan rings is 1. The fourth-order valence-electron chi connectivity index (χ4n) is 1.91. The summed E-state index contributed by atoms with van der Waals surface area (Å²) < 4.78 is 18.3. The highest BCUT2D eigenvalue weighted by Gasteiger charge is 2.10. The molecule has 0 saturated carbocycles. The Bertz CT molecular complexity index is 805. The van der Waals surface area contributed by atoms with Gasteiger partial charge in [0.1, 0.15) is 17.3 Å². The van der Waals surface area contributed by atoms with Crippen LogP contribution < -0.4 is 10.6 Å². The molecule has 0 saturated heterocycles. The number of aromatic nitrogens is 2. The van der Waals surface area contributed by atoms with E-state index < -0.39 is 11.7 Å². The number of halogens is 1. The van der Waals surface area contributed by atoms with Crippen LogP contribution in [0.1, 0.15) is 16.2 Å². The van der Waals surface area contributed by atoms with E-state index in [1.165, 1.54) is 30.5 Å². The lowest BCUT2D eigenvalue weighted by Crippen LogP contribution is -2.15. The second kappa shape index (κ2) is 6.69. The highest BCUT2D eigenvalue weighted by atomic mass is 19.1. The number of hydrogen-bond acceptors (Lipinski definition) is 5. The molecule has 2 aromatic heterocycles. The Morgan fingerprint density at radius 2 is 2.13 bits per heavy atom. The average Bonchev–Trinajstić information content (AvgIpc) is 3.07. The maximum absolute atomic E-state index is 13.1. The summed E-state index contributed by atoms with van der Waals surface area (Å²) in [5.74, 6) is 0.154. The van der Waals surface area contributed by atoms with Crippen molar-refractivity contribution in [1.29, 1.82) is 0 Å². The minimum absolute atomic E-state index is 0.172. The molecule has 3 aromatic rings. The second-order valence-corrected chi connectivity index (χ2v) is 4.66. The molecule has 116 valence electrons. The van der Waals surface area contributed by atoms with Crippen molar-refractivity contribution in [3.05, 3.63) is 72.2 Å². The van der Waals surface area contributed by atoms with E-state index in [0.717, 1.165) is 5.76 Å². The molecular formula is C16H13FN4O2. The summed E-state index contributed by atoms with van der Waals surface area (Å²) in [5.41, 5.74) is 0.532. The van der Waals surface area contributed by atoms with E-state index in [2.05, 4.69) is 20.6 Å². The van der Waals surface area contributed by atoms with Gasteiger partial charge in [-0.1, -0.05) is 6.07 Å². The van der Waals surface area contributed by atoms with Crippen molar-refractivity contribution in [1.82, 2.24) is 9.97 Å². The molecule has 3 rings (SSSR count). The Hall–Kier alpha value is -3.22. The maximum Gasteiger partial charge on any atom is 0.274 e. The van der Waals surface area contributed by atoms with Crippen LogP contribution in [0.4, 0.5) is 16.0 Å². The first-order chi connectivity index (χ1) is 11.2. The topological polar surface area (TPSA) is 80.0 Å². The van der Waals surface area contributed by atoms with Crippen LogP contribution >= 0.6 is 0 Å². The van der Waals surface area contributed by atoms with Crippen LogP contribution in [-0.4, -0.2) is 15.9 Å². The van der Waals surface area contributed by atoms with Crippen molar-refractivity contribution in [3.8, 4) is 0 Å². The third kappa shape index (κ3) is 3.91. The predicted octanol–water partition coefficient (Wildman–Crippen LogP) is 3.07. The number of nitrogens with zero attached hydrogens (tertiary/aromatic N) is 2. The lowest BCUT2D eigenvalue weighted by Gasteiger charge is -2.06. The minimum Gasteiger partial charge on any atom is -0.467 e. The molecule has 0 atom stereocenters. The molecule has 0 unspecified atom stereocenters. The van der Waals surface area contributed by atoms with E-state index in [4.69, 9.17) is 4.42 Å². The molecule has 0 aliphatic rings. The zero-order chi connectivity index (χ0) is 16.1. The van der Waals surface area contributed by atoms with E-state index >= 15 is 0 Å². The third-order valence-corrected chi connectivity index (χ3v) is 2.97. The monoisotopic (exact) mass is 312 g/mol. The fraction of sp³-hybridized carbons (Fsp3) is 0.0625. The molecule has 1 aromatic carbocycles. The fourth-order valence-corrected chi connectivity index (χ4v) is 1.91. The SMILES string of the molecule is O=C(Nc1cccc(F)c1)c1ccnc(NCc2ccco2)n1. The van der Waals surface area contributed by atoms with Crippen molar-refractivity contribution in [3.63, 3.8) is 0 Å². The summed E-state index contributed by atoms with van der Waals surface area (Å²) in [7, 11) is 0. The highest BCUT2D eigenvalue weighted by Crippen LogP contribution is 2.11. The van der Waals surface area contributed by atoms with Crippen LogP contribution in [0.5, 0.6) is 0 Å². The Labute approximate surface area is 131 Å². The predicted molar refractivity (Wildman–Crippen MR) is 82.4 cm³/mol. The summed E-state index contributed by atoms with van der Waals surface area (Å²) >= 11 is 0. The van der Waals surface area contributed by atoms with Crippen LogP contribution in [0.25, 0.3) is 0 Å². The number of hydrogen-bond donors (Lipinski definition) is 2. The van der Waals surface area contributed by atoms with Crippen LogP contribution in [0.3, 0.4) is 0 Å². The number of benzene rings is 1. The largest absolute Gasteiger partial charge is 0.467 e. The van der Waals surface area contributed by atoms with E-state index in [-0.39, 0.29) is 5.69 Å². The first-order valence-corrected chi connectivity index (χ1v) is 6.87. The zero-order valence-corrected chi connectivity index (χ0v) is 12.0. The molecule has 2 N–H and O–H groups in total. The summed E-state index contributed by atoms with van der Waals surface area (Å²) in [6.07, 6.45) is 3.04. The molecule has 23 heavy (non-hydrogen) atoms. The first kappa shape index (κ1) is 14.7. The second-order valence-electron chi connectivity index (χ2n) is 4.66. The molecule has 1 amide bonds. The maximum atomic E-state index is 13.1. The molecule has 6 nitrogen and oxygen atoms in total. The van der Waals surface area contributed by atoms with E-state index in [1.807, 2.05) is 6.07 Å². The average molecular weight is 312 g/mol. The van der Waals surface area contributed by atoms with Crippen LogP contribution in [-0.2, 0) is 6.54 Å².